The van der Waals surface area contributed by atoms with Gasteiger partial charge in [-0.15, -0.1) is 0 Å². The number of nitrogens with zero attached hydrogens (tertiary/aromatic N) is 1. The van der Waals surface area contributed by atoms with Gasteiger partial charge < -0.3 is 4.74 Å². The maximum atomic E-state index is 8.40. The van der Waals surface area contributed by atoms with Crippen molar-refractivity contribution in [2.45, 2.75) is 19.4 Å². The first kappa shape index (κ1) is 12.4. The lowest BCUT2D eigenvalue weighted by Crippen LogP contribution is -2.17. The second-order valence-electron chi connectivity index (χ2n) is 5.76. The fourth-order valence-corrected chi connectivity index (χ4v) is 2.23. The predicted octanol–water partition coefficient (Wildman–Crippen LogP) is 4.41. The van der Waals surface area contributed by atoms with Gasteiger partial charge in [0.25, 0.3) is 0 Å². The average Bonchev–Trinajstić information content (AvgIpc) is 2.88. The summed E-state index contributed by atoms with van der Waals surface area (Å²) in [4.78, 5) is 4.62. The molecule has 2 nitrogen and oxygen atoms in total. The molecule has 0 spiro atoms. The van der Waals surface area contributed by atoms with Crippen molar-refractivity contribution in [1.29, 1.82) is 0 Å². The number of aliphatic imine (C=N–C) groups is 1. The Morgan fingerprint density at radius 1 is 1.10 bits per heavy atom. The van der Waals surface area contributed by atoms with Gasteiger partial charge in [-0.3, -0.25) is 0 Å². The number of benzene rings is 2. The van der Waals surface area contributed by atoms with Crippen LogP contribution in [0.1, 0.15) is 31.9 Å². The highest BCUT2D eigenvalue weighted by Crippen LogP contribution is 2.23. The fourth-order valence-electron chi connectivity index (χ4n) is 2.23. The summed E-state index contributed by atoms with van der Waals surface area (Å²) in [5.74, 6) is 0.631. The van der Waals surface area contributed by atoms with Gasteiger partial charge in [0.1, 0.15) is 6.61 Å². The van der Waals surface area contributed by atoms with Crippen molar-refractivity contribution in [3.63, 3.8) is 0 Å². The van der Waals surface area contributed by atoms with Crippen LogP contribution in [0.5, 0.6) is 0 Å². The Labute approximate surface area is 127 Å². The molecule has 1 aliphatic heterocycles. The first-order valence-electron chi connectivity index (χ1n) is 7.61. The van der Waals surface area contributed by atoms with Gasteiger partial charge in [0.15, 0.2) is 0 Å². The molecule has 1 heterocycles. The van der Waals surface area contributed by atoms with Gasteiger partial charge in [-0.25, -0.2) is 4.99 Å². The van der Waals surface area contributed by atoms with Crippen LogP contribution in [0.15, 0.2) is 59.6 Å². The van der Waals surface area contributed by atoms with Crippen LogP contribution in [-0.4, -0.2) is 18.0 Å². The molecule has 2 aromatic carbocycles. The minimum Gasteiger partial charge on any atom is -0.475 e. The van der Waals surface area contributed by atoms with Crippen molar-refractivity contribution >= 4 is 18.0 Å². The molecule has 0 unspecified atom stereocenters. The van der Waals surface area contributed by atoms with Gasteiger partial charge in [0, 0.05) is 5.56 Å². The monoisotopic (exact) mass is 278 g/mol. The van der Waals surface area contributed by atoms with Gasteiger partial charge in [0.2, 0.25) is 5.90 Å². The largest absolute Gasteiger partial charge is 0.475 e. The molecule has 2 aromatic rings. The highest BCUT2D eigenvalue weighted by Gasteiger charge is 2.27. The van der Waals surface area contributed by atoms with E-state index in [1.165, 1.54) is 0 Å². The van der Waals surface area contributed by atoms with Crippen molar-refractivity contribution in [3.05, 3.63) is 71.3 Å². The van der Waals surface area contributed by atoms with Crippen molar-refractivity contribution in [2.75, 3.05) is 6.61 Å². The number of hydrogen-bond donors (Lipinski definition) is 0. The summed E-state index contributed by atoms with van der Waals surface area (Å²) in [6.45, 7) is 4.67. The molecule has 0 aromatic heterocycles. The maximum Gasteiger partial charge on any atom is 0.217 e. The molecule has 0 amide bonds. The van der Waals surface area contributed by atoms with E-state index in [-0.39, 0.29) is 5.54 Å². The van der Waals surface area contributed by atoms with Gasteiger partial charge in [0.05, 0.1) is 6.91 Å². The molecule has 0 saturated carbocycles. The zero-order chi connectivity index (χ0) is 15.6. The smallest absolute Gasteiger partial charge is 0.217 e. The van der Waals surface area contributed by atoms with Crippen molar-refractivity contribution < 1.29 is 6.11 Å². The molecule has 0 fully saturated rings. The van der Waals surface area contributed by atoms with E-state index in [4.69, 9.17) is 6.11 Å². The summed E-state index contributed by atoms with van der Waals surface area (Å²) >= 11 is 0. The Hall–Kier alpha value is -2.35. The van der Waals surface area contributed by atoms with E-state index < -0.39 is 0 Å². The molecule has 0 bridgehead atoms. The standard InChI is InChI=1S/C19H19NO/c1-19(2)14-21-18(20-19)17-11-7-6-10-16(17)13-12-15-8-4-3-5-9-15/h3-13H,14H2,1-2H3/b13-12+/i13D. The Morgan fingerprint density at radius 3 is 2.52 bits per heavy atom. The Bertz CT molecular complexity index is 732. The molecule has 0 radical (unpaired) electrons. The normalized spacial score (nSPS) is 17.9. The summed E-state index contributed by atoms with van der Waals surface area (Å²) in [6.07, 6.45) is 1.86. The molecule has 0 aliphatic carbocycles. The second-order valence-corrected chi connectivity index (χ2v) is 5.76. The highest BCUT2D eigenvalue weighted by atomic mass is 16.5. The number of rotatable bonds is 3. The third kappa shape index (κ3) is 3.22. The molecule has 0 saturated heterocycles. The minimum atomic E-state index is -0.201. The predicted molar refractivity (Wildman–Crippen MR) is 88.4 cm³/mol. The van der Waals surface area contributed by atoms with E-state index in [9.17, 15) is 0 Å². The van der Waals surface area contributed by atoms with E-state index >= 15 is 0 Å². The molecule has 3 rings (SSSR count). The van der Waals surface area contributed by atoms with Crippen molar-refractivity contribution in [1.82, 2.24) is 0 Å². The number of ether oxygens (including phenoxy) is 1. The van der Waals surface area contributed by atoms with Gasteiger partial charge >= 0.3 is 0 Å². The summed E-state index contributed by atoms with van der Waals surface area (Å²) in [5.41, 5.74) is 2.53. The van der Waals surface area contributed by atoms with Crippen molar-refractivity contribution in [2.24, 2.45) is 4.99 Å². The third-order valence-corrected chi connectivity index (χ3v) is 3.32. The van der Waals surface area contributed by atoms with Gasteiger partial charge in [-0.1, -0.05) is 60.7 Å². The molecule has 2 heteroatoms. The Kier molecular flexibility index (Phi) is 3.29. The summed E-state index contributed by atoms with van der Waals surface area (Å²) in [5, 5.41) is 0. The van der Waals surface area contributed by atoms with Crippen LogP contribution in [0.3, 0.4) is 0 Å². The Morgan fingerprint density at radius 2 is 1.81 bits per heavy atom. The maximum absolute atomic E-state index is 8.40. The summed E-state index contributed by atoms with van der Waals surface area (Å²) in [6, 6.07) is 18.1. The lowest BCUT2D eigenvalue weighted by atomic mass is 10.1. The van der Waals surface area contributed by atoms with Crippen molar-refractivity contribution in [3.8, 4) is 0 Å². The first-order chi connectivity index (χ1) is 10.6. The van der Waals surface area contributed by atoms with Crippen LogP contribution < -0.4 is 0 Å². The zero-order valence-electron chi connectivity index (χ0n) is 13.3. The zero-order valence-corrected chi connectivity index (χ0v) is 12.3. The lowest BCUT2D eigenvalue weighted by molar-refractivity contribution is 0.279. The van der Waals surface area contributed by atoms with Crippen LogP contribution in [0.2, 0.25) is 0 Å². The Balaban J connectivity index is 2.01. The first-order valence-corrected chi connectivity index (χ1v) is 7.11. The molecule has 21 heavy (non-hydrogen) atoms. The van der Waals surface area contributed by atoms with Crippen LogP contribution in [0.4, 0.5) is 0 Å². The molecule has 0 N–H and O–H groups in total. The molecule has 1 aliphatic rings. The van der Waals surface area contributed by atoms with Crippen LogP contribution in [0, 0.1) is 0 Å². The summed E-state index contributed by atoms with van der Waals surface area (Å²) < 4.78 is 14.1. The fraction of sp³-hybridized carbons (Fsp3) is 0.211. The summed E-state index contributed by atoms with van der Waals surface area (Å²) in [7, 11) is 0. The highest BCUT2D eigenvalue weighted by molar-refractivity contribution is 5.99. The molecule has 106 valence electrons. The van der Waals surface area contributed by atoms with Crippen LogP contribution in [0.25, 0.3) is 12.1 Å². The van der Waals surface area contributed by atoms with E-state index in [2.05, 4.69) is 4.99 Å². The number of hydrogen-bond acceptors (Lipinski definition) is 2. The lowest BCUT2D eigenvalue weighted by Gasteiger charge is -2.07. The van der Waals surface area contributed by atoms with Gasteiger partial charge in [-0.05, 0) is 31.0 Å². The van der Waals surface area contributed by atoms with Crippen LogP contribution in [-0.2, 0) is 4.74 Å². The van der Waals surface area contributed by atoms with E-state index in [1.54, 1.807) is 0 Å². The molecular formula is C19H19NO. The molecular weight excluding hydrogens is 258 g/mol. The molecule has 0 atom stereocenters. The van der Waals surface area contributed by atoms with E-state index in [0.29, 0.717) is 18.6 Å². The quantitative estimate of drug-likeness (QED) is 0.762. The average molecular weight is 278 g/mol. The third-order valence-electron chi connectivity index (χ3n) is 3.32. The van der Waals surface area contributed by atoms with Crippen LogP contribution >= 0.6 is 0 Å². The minimum absolute atomic E-state index is 0.201. The van der Waals surface area contributed by atoms with E-state index in [0.717, 1.165) is 16.7 Å². The van der Waals surface area contributed by atoms with E-state index in [1.807, 2.05) is 74.5 Å². The topological polar surface area (TPSA) is 21.6 Å². The second kappa shape index (κ2) is 5.57. The van der Waals surface area contributed by atoms with Gasteiger partial charge in [-0.2, -0.15) is 0 Å². The SMILES string of the molecule is [2H]/C(=C\c1ccccc1)c1ccccc1C1=NC(C)(C)CO1.